The highest BCUT2D eigenvalue weighted by molar-refractivity contribution is 5.97. The van der Waals surface area contributed by atoms with E-state index < -0.39 is 6.67 Å². The van der Waals surface area contributed by atoms with Crippen molar-refractivity contribution in [1.29, 1.82) is 0 Å². The summed E-state index contributed by atoms with van der Waals surface area (Å²) in [6, 6.07) is 6.47. The molecule has 0 atom stereocenters. The average Bonchev–Trinajstić information content (AvgIpc) is 2.26. The molecule has 0 aliphatic carbocycles. The zero-order valence-electron chi connectivity index (χ0n) is 8.11. The van der Waals surface area contributed by atoms with Crippen molar-refractivity contribution in [2.24, 2.45) is 5.73 Å². The molecule has 0 heterocycles. The third-order valence-corrected chi connectivity index (χ3v) is 1.71. The molecule has 0 aromatic heterocycles. The van der Waals surface area contributed by atoms with E-state index in [4.69, 9.17) is 10.5 Å². The molecule has 0 saturated carbocycles. The van der Waals surface area contributed by atoms with Gasteiger partial charge in [-0.1, -0.05) is 0 Å². The van der Waals surface area contributed by atoms with E-state index in [9.17, 15) is 9.18 Å². The van der Waals surface area contributed by atoms with Crippen LogP contribution in [-0.2, 0) is 0 Å². The Kier molecular flexibility index (Phi) is 6.66. The Morgan fingerprint density at radius 3 is 2.40 bits per heavy atom. The van der Waals surface area contributed by atoms with Gasteiger partial charge in [0.25, 0.3) is 0 Å². The van der Waals surface area contributed by atoms with Crippen LogP contribution >= 0.6 is 12.4 Å². The van der Waals surface area contributed by atoms with Gasteiger partial charge in [0.05, 0.1) is 6.54 Å². The summed E-state index contributed by atoms with van der Waals surface area (Å²) < 4.78 is 16.8. The molecule has 0 aliphatic heterocycles. The van der Waals surface area contributed by atoms with E-state index in [1.807, 2.05) is 0 Å². The molecule has 15 heavy (non-hydrogen) atoms. The molecule has 0 saturated heterocycles. The third kappa shape index (κ3) is 4.27. The molecule has 1 aromatic rings. The summed E-state index contributed by atoms with van der Waals surface area (Å²) in [7, 11) is 0. The molecule has 1 aromatic carbocycles. The summed E-state index contributed by atoms with van der Waals surface area (Å²) in [6.45, 7) is -0.502. The van der Waals surface area contributed by atoms with Gasteiger partial charge in [-0.2, -0.15) is 0 Å². The Labute approximate surface area is 93.8 Å². The highest BCUT2D eigenvalue weighted by atomic mass is 35.5. The van der Waals surface area contributed by atoms with Gasteiger partial charge in [-0.05, 0) is 24.3 Å². The highest BCUT2D eigenvalue weighted by Gasteiger charge is 2.02. The quantitative estimate of drug-likeness (QED) is 0.786. The normalized spacial score (nSPS) is 9.20. The Morgan fingerprint density at radius 1 is 1.33 bits per heavy atom. The van der Waals surface area contributed by atoms with Crippen molar-refractivity contribution in [3.05, 3.63) is 29.8 Å². The first-order chi connectivity index (χ1) is 6.77. The van der Waals surface area contributed by atoms with Crippen LogP contribution < -0.4 is 10.5 Å². The van der Waals surface area contributed by atoms with E-state index in [1.165, 1.54) is 0 Å². The van der Waals surface area contributed by atoms with E-state index in [-0.39, 0.29) is 31.3 Å². The van der Waals surface area contributed by atoms with Crippen molar-refractivity contribution in [3.63, 3.8) is 0 Å². The number of carbonyl (C=O) groups is 1. The molecule has 3 nitrogen and oxygen atoms in total. The summed E-state index contributed by atoms with van der Waals surface area (Å²) >= 11 is 0. The predicted molar refractivity (Wildman–Crippen MR) is 58.5 cm³/mol. The molecule has 0 radical (unpaired) electrons. The Hall–Kier alpha value is -1.13. The second-order valence-corrected chi connectivity index (χ2v) is 2.69. The van der Waals surface area contributed by atoms with Gasteiger partial charge >= 0.3 is 0 Å². The summed E-state index contributed by atoms with van der Waals surface area (Å²) in [5, 5.41) is 0. The molecule has 1 rings (SSSR count). The van der Waals surface area contributed by atoms with E-state index in [1.54, 1.807) is 24.3 Å². The smallest absolute Gasteiger partial charge is 0.176 e. The van der Waals surface area contributed by atoms with Crippen LogP contribution in [0.2, 0.25) is 0 Å². The fourth-order valence-corrected chi connectivity index (χ4v) is 1.01. The summed E-state index contributed by atoms with van der Waals surface area (Å²) in [5.74, 6) is 0.429. The average molecular weight is 234 g/mol. The van der Waals surface area contributed by atoms with Crippen LogP contribution in [0.3, 0.4) is 0 Å². The molecule has 0 unspecified atom stereocenters. The lowest BCUT2D eigenvalue weighted by Gasteiger charge is -2.03. The fourth-order valence-electron chi connectivity index (χ4n) is 1.01. The minimum atomic E-state index is -0.524. The summed E-state index contributed by atoms with van der Waals surface area (Å²) in [6.07, 6.45) is 0. The second-order valence-electron chi connectivity index (χ2n) is 2.69. The Balaban J connectivity index is 0.00000196. The number of Topliss-reactive ketones (excluding diaryl/α,β-unsaturated/α-hetero) is 1. The van der Waals surface area contributed by atoms with Gasteiger partial charge in [-0.15, -0.1) is 12.4 Å². The van der Waals surface area contributed by atoms with Gasteiger partial charge in [0.2, 0.25) is 0 Å². The van der Waals surface area contributed by atoms with Crippen molar-refractivity contribution < 1.29 is 13.9 Å². The summed E-state index contributed by atoms with van der Waals surface area (Å²) in [4.78, 5) is 11.1. The van der Waals surface area contributed by atoms with E-state index >= 15 is 0 Å². The standard InChI is InChI=1S/C10H12FNO2.ClH/c11-5-6-14-9-3-1-8(2-4-9)10(13)7-12;/h1-4H,5-7,12H2;1H. The molecule has 0 amide bonds. The first-order valence-electron chi connectivity index (χ1n) is 4.30. The zero-order chi connectivity index (χ0) is 10.4. The molecule has 84 valence electrons. The number of alkyl halides is 1. The minimum Gasteiger partial charge on any atom is -0.491 e. The van der Waals surface area contributed by atoms with Crippen LogP contribution in [0.15, 0.2) is 24.3 Å². The van der Waals surface area contributed by atoms with Crippen LogP contribution in [-0.4, -0.2) is 25.6 Å². The largest absolute Gasteiger partial charge is 0.491 e. The van der Waals surface area contributed by atoms with Crippen molar-refractivity contribution in [3.8, 4) is 5.75 Å². The molecule has 0 spiro atoms. The van der Waals surface area contributed by atoms with E-state index in [0.717, 1.165) is 0 Å². The molecule has 0 bridgehead atoms. The number of benzene rings is 1. The lowest BCUT2D eigenvalue weighted by molar-refractivity contribution is 0.100. The number of ketones is 1. The first-order valence-corrected chi connectivity index (χ1v) is 4.30. The van der Waals surface area contributed by atoms with Crippen molar-refractivity contribution in [2.75, 3.05) is 19.8 Å². The van der Waals surface area contributed by atoms with Gasteiger partial charge < -0.3 is 10.5 Å². The fraction of sp³-hybridized carbons (Fsp3) is 0.300. The maximum Gasteiger partial charge on any atom is 0.176 e. The highest BCUT2D eigenvalue weighted by Crippen LogP contribution is 2.12. The van der Waals surface area contributed by atoms with Crippen molar-refractivity contribution >= 4 is 18.2 Å². The summed E-state index contributed by atoms with van der Waals surface area (Å²) in [5.41, 5.74) is 5.73. The van der Waals surface area contributed by atoms with Crippen LogP contribution in [0.1, 0.15) is 10.4 Å². The number of halogens is 2. The topological polar surface area (TPSA) is 52.3 Å². The number of hydrogen-bond acceptors (Lipinski definition) is 3. The van der Waals surface area contributed by atoms with Crippen LogP contribution in [0, 0.1) is 0 Å². The van der Waals surface area contributed by atoms with Gasteiger partial charge in [0.15, 0.2) is 5.78 Å². The lowest BCUT2D eigenvalue weighted by atomic mass is 10.1. The van der Waals surface area contributed by atoms with Gasteiger partial charge in [0.1, 0.15) is 19.0 Å². The minimum absolute atomic E-state index is 0. The number of rotatable bonds is 5. The number of hydrogen-bond donors (Lipinski definition) is 1. The van der Waals surface area contributed by atoms with Crippen LogP contribution in [0.25, 0.3) is 0 Å². The van der Waals surface area contributed by atoms with E-state index in [0.29, 0.717) is 11.3 Å². The van der Waals surface area contributed by atoms with Crippen LogP contribution in [0.4, 0.5) is 4.39 Å². The SMILES string of the molecule is Cl.NCC(=O)c1ccc(OCCF)cc1. The molecule has 2 N–H and O–H groups in total. The number of carbonyl (C=O) groups excluding carboxylic acids is 1. The van der Waals surface area contributed by atoms with Crippen LogP contribution in [0.5, 0.6) is 5.75 Å². The van der Waals surface area contributed by atoms with Gasteiger partial charge in [-0.3, -0.25) is 4.79 Å². The third-order valence-electron chi connectivity index (χ3n) is 1.71. The van der Waals surface area contributed by atoms with Gasteiger partial charge in [0, 0.05) is 5.56 Å². The Morgan fingerprint density at radius 2 is 1.93 bits per heavy atom. The maximum atomic E-state index is 11.7. The number of ether oxygens (including phenoxy) is 1. The molecular formula is C10H13ClFNO2. The predicted octanol–water partition coefficient (Wildman–Crippen LogP) is 1.60. The monoisotopic (exact) mass is 233 g/mol. The molecule has 5 heteroatoms. The van der Waals surface area contributed by atoms with Crippen molar-refractivity contribution in [2.45, 2.75) is 0 Å². The molecular weight excluding hydrogens is 221 g/mol. The molecule has 0 aliphatic rings. The van der Waals surface area contributed by atoms with Gasteiger partial charge in [-0.25, -0.2) is 4.39 Å². The number of nitrogens with two attached hydrogens (primary N) is 1. The second kappa shape index (κ2) is 7.20. The van der Waals surface area contributed by atoms with Crippen molar-refractivity contribution in [1.82, 2.24) is 0 Å². The Bertz CT molecular complexity index is 303. The molecule has 0 fully saturated rings. The zero-order valence-corrected chi connectivity index (χ0v) is 8.93. The lowest BCUT2D eigenvalue weighted by Crippen LogP contribution is -2.13. The first kappa shape index (κ1) is 13.9. The van der Waals surface area contributed by atoms with E-state index in [2.05, 4.69) is 0 Å². The maximum absolute atomic E-state index is 11.7.